The van der Waals surface area contributed by atoms with Crippen molar-refractivity contribution in [3.63, 3.8) is 0 Å². The number of hydrogen-bond donors (Lipinski definition) is 0. The lowest BCUT2D eigenvalue weighted by molar-refractivity contribution is -0.385. The maximum absolute atomic E-state index is 11.0. The second kappa shape index (κ2) is 7.33. The van der Waals surface area contributed by atoms with Crippen LogP contribution >= 0.6 is 15.9 Å². The van der Waals surface area contributed by atoms with Crippen LogP contribution in [0.2, 0.25) is 0 Å². The molecule has 1 aromatic rings. The molecule has 0 saturated carbocycles. The highest BCUT2D eigenvalue weighted by Gasteiger charge is 2.22. The van der Waals surface area contributed by atoms with E-state index in [1.54, 1.807) is 6.07 Å². The number of nitrogens with zero attached hydrogens (tertiary/aromatic N) is 3. The highest BCUT2D eigenvalue weighted by atomic mass is 79.9. The summed E-state index contributed by atoms with van der Waals surface area (Å²) in [6, 6.07) is 5.26. The summed E-state index contributed by atoms with van der Waals surface area (Å²) in [4.78, 5) is 15.3. The van der Waals surface area contributed by atoms with Gasteiger partial charge in [-0.2, -0.15) is 0 Å². The topological polar surface area (TPSA) is 49.6 Å². The first kappa shape index (κ1) is 16.4. The normalized spacial score (nSPS) is 17.3. The van der Waals surface area contributed by atoms with E-state index >= 15 is 0 Å². The SMILES string of the molecule is CN(C)CC1CCN(Cc2cccc([N+](=O)[O-])c2Br)CC1. The Morgan fingerprint density at radius 2 is 2.05 bits per heavy atom. The van der Waals surface area contributed by atoms with Gasteiger partial charge >= 0.3 is 0 Å². The van der Waals surface area contributed by atoms with Gasteiger partial charge < -0.3 is 4.90 Å². The molecule has 6 heteroatoms. The van der Waals surface area contributed by atoms with Gasteiger partial charge in [-0.05, 0) is 67.4 Å². The molecule has 0 bridgehead atoms. The summed E-state index contributed by atoms with van der Waals surface area (Å²) in [5.74, 6) is 0.768. The van der Waals surface area contributed by atoms with Crippen LogP contribution in [-0.2, 0) is 6.54 Å². The van der Waals surface area contributed by atoms with Crippen molar-refractivity contribution < 1.29 is 4.92 Å². The molecule has 1 fully saturated rings. The van der Waals surface area contributed by atoms with Gasteiger partial charge in [0.1, 0.15) is 0 Å². The molecule has 0 aromatic heterocycles. The molecule has 116 valence electrons. The van der Waals surface area contributed by atoms with Gasteiger partial charge in [0, 0.05) is 19.2 Å². The molecule has 0 aliphatic carbocycles. The monoisotopic (exact) mass is 355 g/mol. The predicted molar refractivity (Wildman–Crippen MR) is 87.4 cm³/mol. The third-order valence-electron chi connectivity index (χ3n) is 3.98. The smallest absolute Gasteiger partial charge is 0.283 e. The molecule has 0 amide bonds. The van der Waals surface area contributed by atoms with E-state index in [2.05, 4.69) is 39.8 Å². The molecule has 0 radical (unpaired) electrons. The second-order valence-corrected chi connectivity index (χ2v) is 6.78. The lowest BCUT2D eigenvalue weighted by Crippen LogP contribution is -2.36. The zero-order valence-corrected chi connectivity index (χ0v) is 14.2. The third kappa shape index (κ3) is 4.49. The van der Waals surface area contributed by atoms with Crippen molar-refractivity contribution in [1.29, 1.82) is 0 Å². The van der Waals surface area contributed by atoms with Crippen LogP contribution in [0.25, 0.3) is 0 Å². The quantitative estimate of drug-likeness (QED) is 0.601. The Hall–Kier alpha value is -0.980. The molecule has 5 nitrogen and oxygen atoms in total. The summed E-state index contributed by atoms with van der Waals surface area (Å²) >= 11 is 3.38. The fraction of sp³-hybridized carbons (Fsp3) is 0.600. The number of nitro groups is 1. The predicted octanol–water partition coefficient (Wildman–Crippen LogP) is 3.13. The van der Waals surface area contributed by atoms with Crippen LogP contribution in [-0.4, -0.2) is 48.5 Å². The van der Waals surface area contributed by atoms with Crippen molar-refractivity contribution in [2.24, 2.45) is 5.92 Å². The van der Waals surface area contributed by atoms with Crippen molar-refractivity contribution >= 4 is 21.6 Å². The average molecular weight is 356 g/mol. The Bertz CT molecular complexity index is 500. The summed E-state index contributed by atoms with van der Waals surface area (Å²) in [7, 11) is 4.24. The molecule has 1 aromatic carbocycles. The molecule has 0 unspecified atom stereocenters. The van der Waals surface area contributed by atoms with Gasteiger partial charge in [-0.3, -0.25) is 15.0 Å². The van der Waals surface area contributed by atoms with Crippen molar-refractivity contribution in [2.75, 3.05) is 33.7 Å². The lowest BCUT2D eigenvalue weighted by atomic mass is 9.96. The maximum atomic E-state index is 11.0. The van der Waals surface area contributed by atoms with Gasteiger partial charge in [-0.1, -0.05) is 12.1 Å². The number of halogens is 1. The Morgan fingerprint density at radius 1 is 1.38 bits per heavy atom. The number of rotatable bonds is 5. The fourth-order valence-corrected chi connectivity index (χ4v) is 3.45. The van der Waals surface area contributed by atoms with Crippen molar-refractivity contribution in [1.82, 2.24) is 9.80 Å². The minimum Gasteiger partial charge on any atom is -0.309 e. The van der Waals surface area contributed by atoms with Gasteiger partial charge in [-0.25, -0.2) is 0 Å². The molecule has 1 saturated heterocycles. The molecule has 1 heterocycles. The molecular formula is C15H22BrN3O2. The summed E-state index contributed by atoms with van der Waals surface area (Å²) < 4.78 is 0.616. The van der Waals surface area contributed by atoms with Gasteiger partial charge in [-0.15, -0.1) is 0 Å². The first-order chi connectivity index (χ1) is 9.97. The van der Waals surface area contributed by atoms with Gasteiger partial charge in [0.25, 0.3) is 5.69 Å². The van der Waals surface area contributed by atoms with Gasteiger partial charge in [0.05, 0.1) is 9.40 Å². The Balaban J connectivity index is 1.95. The summed E-state index contributed by atoms with van der Waals surface area (Å²) in [5, 5.41) is 11.0. The molecule has 0 N–H and O–H groups in total. The van der Waals surface area contributed by atoms with Crippen LogP contribution in [0.4, 0.5) is 5.69 Å². The number of benzene rings is 1. The van der Waals surface area contributed by atoms with Crippen molar-refractivity contribution in [3.05, 3.63) is 38.3 Å². The van der Waals surface area contributed by atoms with E-state index in [1.165, 1.54) is 18.9 Å². The van der Waals surface area contributed by atoms with E-state index in [4.69, 9.17) is 0 Å². The molecule has 2 rings (SSSR count). The highest BCUT2D eigenvalue weighted by Crippen LogP contribution is 2.30. The standard InChI is InChI=1S/C15H22BrN3O2/c1-17(2)10-12-6-8-18(9-7-12)11-13-4-3-5-14(15(13)16)19(20)21/h3-5,12H,6-11H2,1-2H3. The Kier molecular flexibility index (Phi) is 5.72. The summed E-state index contributed by atoms with van der Waals surface area (Å²) in [5.41, 5.74) is 1.14. The molecule has 1 aliphatic heterocycles. The maximum Gasteiger partial charge on any atom is 0.283 e. The zero-order chi connectivity index (χ0) is 15.4. The van der Waals surface area contributed by atoms with Gasteiger partial charge in [0.15, 0.2) is 0 Å². The van der Waals surface area contributed by atoms with E-state index < -0.39 is 0 Å². The molecule has 0 atom stereocenters. The first-order valence-corrected chi connectivity index (χ1v) is 8.05. The number of hydrogen-bond acceptors (Lipinski definition) is 4. The number of piperidine rings is 1. The van der Waals surface area contributed by atoms with Crippen LogP contribution in [0.15, 0.2) is 22.7 Å². The summed E-state index contributed by atoms with van der Waals surface area (Å²) in [6.45, 7) is 4.05. The number of likely N-dealkylation sites (tertiary alicyclic amines) is 1. The van der Waals surface area contributed by atoms with Crippen LogP contribution in [0, 0.1) is 16.0 Å². The van der Waals surface area contributed by atoms with Crippen molar-refractivity contribution in [3.8, 4) is 0 Å². The zero-order valence-electron chi connectivity index (χ0n) is 12.6. The lowest BCUT2D eigenvalue weighted by Gasteiger charge is -2.33. The van der Waals surface area contributed by atoms with E-state index in [0.717, 1.165) is 37.7 Å². The van der Waals surface area contributed by atoms with Gasteiger partial charge in [0.2, 0.25) is 0 Å². The first-order valence-electron chi connectivity index (χ1n) is 7.26. The van der Waals surface area contributed by atoms with Crippen LogP contribution in [0.3, 0.4) is 0 Å². The van der Waals surface area contributed by atoms with E-state index in [1.807, 2.05) is 6.07 Å². The molecule has 1 aliphatic rings. The molecular weight excluding hydrogens is 334 g/mol. The molecule has 21 heavy (non-hydrogen) atoms. The minimum atomic E-state index is -0.336. The highest BCUT2D eigenvalue weighted by molar-refractivity contribution is 9.10. The minimum absolute atomic E-state index is 0.148. The van der Waals surface area contributed by atoms with E-state index in [9.17, 15) is 10.1 Å². The Morgan fingerprint density at radius 3 is 2.62 bits per heavy atom. The average Bonchev–Trinajstić information content (AvgIpc) is 2.42. The number of nitro benzene ring substituents is 1. The van der Waals surface area contributed by atoms with Crippen molar-refractivity contribution in [2.45, 2.75) is 19.4 Å². The Labute approximate surface area is 134 Å². The van der Waals surface area contributed by atoms with E-state index in [-0.39, 0.29) is 10.6 Å². The second-order valence-electron chi connectivity index (χ2n) is 5.99. The van der Waals surface area contributed by atoms with E-state index in [0.29, 0.717) is 4.47 Å². The van der Waals surface area contributed by atoms with Crippen LogP contribution < -0.4 is 0 Å². The third-order valence-corrected chi connectivity index (χ3v) is 4.89. The van der Waals surface area contributed by atoms with Crippen LogP contribution in [0.5, 0.6) is 0 Å². The van der Waals surface area contributed by atoms with Crippen LogP contribution in [0.1, 0.15) is 18.4 Å². The summed E-state index contributed by atoms with van der Waals surface area (Å²) in [6.07, 6.45) is 2.40. The fourth-order valence-electron chi connectivity index (χ4n) is 2.91. The largest absolute Gasteiger partial charge is 0.309 e. The molecule has 0 spiro atoms.